The molecule has 2 N–H and O–H groups in total. The van der Waals surface area contributed by atoms with Crippen LogP contribution < -0.4 is 10.6 Å². The van der Waals surface area contributed by atoms with Gasteiger partial charge in [-0.2, -0.15) is 0 Å². The van der Waals surface area contributed by atoms with E-state index in [2.05, 4.69) is 145 Å². The Morgan fingerprint density at radius 1 is 0.473 bits per heavy atom. The second kappa shape index (κ2) is 47.6. The third kappa shape index (κ3) is 25.4. The topological polar surface area (TPSA) is 382 Å². The van der Waals surface area contributed by atoms with E-state index in [0.717, 1.165) is 33.1 Å². The van der Waals surface area contributed by atoms with Gasteiger partial charge in [0.2, 0.25) is 0 Å². The minimum absolute atomic E-state index is 0.0342. The van der Waals surface area contributed by atoms with Crippen LogP contribution in [0.2, 0.25) is 0 Å². The van der Waals surface area contributed by atoms with E-state index in [-0.39, 0.29) is 98.2 Å². The number of aromatic nitrogens is 4. The number of nitrogens with zero attached hydrogens (tertiary/aromatic N) is 14. The van der Waals surface area contributed by atoms with Gasteiger partial charge in [0, 0.05) is 140 Å². The summed E-state index contributed by atoms with van der Waals surface area (Å²) >= 11 is 22.7. The molecule has 1 unspecified atom stereocenters. The van der Waals surface area contributed by atoms with Gasteiger partial charge in [-0.05, 0) is 141 Å². The first-order chi connectivity index (χ1) is 61.8. The first-order valence-electron chi connectivity index (χ1n) is 39.6. The second-order valence-electron chi connectivity index (χ2n) is 28.2. The number of likely N-dealkylation sites (N-methyl/N-ethyl adjacent to an activating group) is 2. The van der Waals surface area contributed by atoms with Crippen LogP contribution in [0.5, 0.6) is 0 Å². The molecule has 10 heterocycles. The van der Waals surface area contributed by atoms with E-state index in [0.29, 0.717) is 110 Å². The van der Waals surface area contributed by atoms with Gasteiger partial charge in [0.25, 0.3) is 6.54 Å². The fourth-order valence-electron chi connectivity index (χ4n) is 13.8. The molecule has 0 aliphatic carbocycles. The van der Waals surface area contributed by atoms with Gasteiger partial charge in [0.1, 0.15) is 47.4 Å². The Bertz CT molecular complexity index is 5530. The maximum atomic E-state index is 13.8. The summed E-state index contributed by atoms with van der Waals surface area (Å²) in [6.07, 6.45) is 7.63. The summed E-state index contributed by atoms with van der Waals surface area (Å²) in [5, 5.41) is 37.9. The lowest BCUT2D eigenvalue weighted by atomic mass is 9.93. The number of hydrogen-bond acceptors (Lipinski definition) is 34. The summed E-state index contributed by atoms with van der Waals surface area (Å²) in [5.41, 5.74) is 6.39. The lowest BCUT2D eigenvalue weighted by molar-refractivity contribution is -0.510. The van der Waals surface area contributed by atoms with Gasteiger partial charge in [-0.15, -0.1) is 45.3 Å². The molecule has 8 aromatic rings. The number of aliphatic imine (C=N–C) groups is 4. The van der Waals surface area contributed by atoms with E-state index >= 15 is 0 Å². The minimum Gasteiger partial charge on any atom is -0.463 e. The minimum atomic E-state index is -1.78. The zero-order valence-electron chi connectivity index (χ0n) is 70.6. The smallest absolute Gasteiger partial charge is 0.382 e. The van der Waals surface area contributed by atoms with Gasteiger partial charge in [0.15, 0.2) is 43.4 Å². The van der Waals surface area contributed by atoms with Crippen molar-refractivity contribution in [3.05, 3.63) is 268 Å². The van der Waals surface area contributed by atoms with E-state index in [1.807, 2.05) is 44.3 Å². The highest BCUT2D eigenvalue weighted by molar-refractivity contribution is 9.11. The van der Waals surface area contributed by atoms with Crippen molar-refractivity contribution in [2.75, 3.05) is 92.8 Å². The van der Waals surface area contributed by atoms with Crippen LogP contribution in [0.25, 0.3) is 0 Å². The molecule has 4 aromatic heterocycles. The number of fused-ring (bicyclic) bond motifs is 2. The largest absolute Gasteiger partial charge is 0.463 e. The van der Waals surface area contributed by atoms with E-state index in [1.54, 1.807) is 83.0 Å². The van der Waals surface area contributed by atoms with E-state index in [1.165, 1.54) is 107 Å². The summed E-state index contributed by atoms with van der Waals surface area (Å²) in [7, 11) is 8.12. The van der Waals surface area contributed by atoms with Crippen molar-refractivity contribution in [1.82, 2.24) is 50.2 Å². The number of hydrogen-bond donors (Lipinski definition) is 2. The average molecular weight is 2180 g/mol. The van der Waals surface area contributed by atoms with Crippen LogP contribution in [-0.2, 0) is 57.2 Å². The summed E-state index contributed by atoms with van der Waals surface area (Å²) in [6, 6.07) is 12.9. The highest BCUT2D eigenvalue weighted by atomic mass is 79.9. The number of ether oxygens (including phenoxy) is 6. The quantitative estimate of drug-likeness (QED) is 0.0121. The molecule has 7 atom stereocenters. The molecule has 129 heavy (non-hydrogen) atoms. The molecule has 684 valence electrons. The van der Waals surface area contributed by atoms with E-state index < -0.39 is 82.7 Å². The molecule has 0 bridgehead atoms. The van der Waals surface area contributed by atoms with Crippen LogP contribution in [0, 0.1) is 43.5 Å². The Morgan fingerprint density at radius 3 is 1.09 bits per heavy atom. The number of nitrogens with one attached hydrogen (secondary N) is 2. The van der Waals surface area contributed by atoms with Crippen molar-refractivity contribution in [2.45, 2.75) is 103 Å². The van der Waals surface area contributed by atoms with Crippen molar-refractivity contribution >= 4 is 184 Å². The number of allylic oxidation sites excluding steroid dienone is 1. The molecule has 45 heteroatoms. The number of nitro groups is 2. The Morgan fingerprint density at radius 2 is 0.791 bits per heavy atom. The number of carbonyl (C=O) groups excluding carboxylic acids is 6. The maximum Gasteiger partial charge on any atom is 0.382 e. The first-order valence-corrected chi connectivity index (χ1v) is 47.5. The molecule has 2 fully saturated rings. The fourth-order valence-corrected chi connectivity index (χ4v) is 19.0. The first kappa shape index (κ1) is 101. The van der Waals surface area contributed by atoms with Crippen molar-refractivity contribution < 1.29 is 84.6 Å². The Balaban J connectivity index is 0.000000174. The number of amidine groups is 4. The molecule has 0 amide bonds. The molecule has 0 radical (unpaired) electrons. The molecule has 0 spiro atoms. The SMILES string of the molecule is CCOC(=O)C1=C(CBr)NC(c2nccs2)=N[C@H]1c1ccc(F)cc1Br.CCOC(=O)C1=C(CC(C(=O)OCC)[N+](=O)[O-])NC(c2nccs2)=N[C@H]1c1ccc(F)cc1Br.CCOC(=O)C1=C2C[C@@H](N(C)C)CN2C(c2nccs2)=N[C@H]1c1ccc(F)cc1Br.CCOC(=O)C1=C2C[C@H](N(C)C)CN2C(c2nccs2)=N[C@H]1c1ccc(F)cc1Br.CCOC(=O)C[N+](=O)[O-]. The van der Waals surface area contributed by atoms with Crippen molar-refractivity contribution in [3.8, 4) is 0 Å². The second-order valence-corrected chi connectivity index (χ2v) is 35.7. The molecule has 6 aliphatic rings. The molecule has 2 saturated heterocycles. The average Bonchev–Trinajstić information content (AvgIpc) is 1.54. The molecule has 14 rings (SSSR count). The third-order valence-corrected chi connectivity index (χ3v) is 26.0. The number of alkyl halides is 1. The Kier molecular flexibility index (Phi) is 37.3. The van der Waals surface area contributed by atoms with Gasteiger partial charge in [-0.25, -0.2) is 66.3 Å². The Labute approximate surface area is 796 Å². The predicted molar refractivity (Wildman–Crippen MR) is 495 cm³/mol. The molecule has 0 saturated carbocycles. The van der Waals surface area contributed by atoms with Crippen LogP contribution >= 0.6 is 125 Å². The summed E-state index contributed by atoms with van der Waals surface area (Å²) < 4.78 is 87.2. The van der Waals surface area contributed by atoms with Gasteiger partial charge < -0.3 is 58.7 Å². The van der Waals surface area contributed by atoms with Crippen molar-refractivity contribution in [1.29, 1.82) is 0 Å². The van der Waals surface area contributed by atoms with Gasteiger partial charge in [-0.1, -0.05) is 104 Å². The predicted octanol–water partition coefficient (Wildman–Crippen LogP) is 15.7. The highest BCUT2D eigenvalue weighted by Gasteiger charge is 2.47. The molecular formula is C84H85Br5F4N16O16S4. The zero-order chi connectivity index (χ0) is 93.6. The van der Waals surface area contributed by atoms with Gasteiger partial charge in [-0.3, -0.25) is 40.2 Å². The number of benzene rings is 4. The molecule has 32 nitrogen and oxygen atoms in total. The fraction of sp³-hybridized carbons (Fsp3) is 0.357. The van der Waals surface area contributed by atoms with Crippen LogP contribution in [0.4, 0.5) is 17.6 Å². The maximum absolute atomic E-state index is 13.8. The summed E-state index contributed by atoms with van der Waals surface area (Å²) in [6.45, 7) is 11.7. The number of rotatable bonds is 27. The molecule has 6 aliphatic heterocycles. The number of esters is 6. The van der Waals surface area contributed by atoms with Gasteiger partial charge in [0.05, 0.1) is 68.4 Å². The normalized spacial score (nSPS) is 18.1. The van der Waals surface area contributed by atoms with Gasteiger partial charge >= 0.3 is 41.9 Å². The summed E-state index contributed by atoms with van der Waals surface area (Å²) in [5.74, 6) is -3.17. The summed E-state index contributed by atoms with van der Waals surface area (Å²) in [4.78, 5) is 139. The lowest BCUT2D eigenvalue weighted by Crippen LogP contribution is -2.39. The van der Waals surface area contributed by atoms with Crippen molar-refractivity contribution in [3.63, 3.8) is 0 Å². The number of halogens is 9. The lowest BCUT2D eigenvalue weighted by Gasteiger charge is -2.32. The van der Waals surface area contributed by atoms with E-state index in [9.17, 15) is 66.6 Å². The van der Waals surface area contributed by atoms with Crippen LogP contribution in [0.3, 0.4) is 0 Å². The van der Waals surface area contributed by atoms with Crippen LogP contribution in [0.1, 0.15) is 127 Å². The Hall–Kier alpha value is -10.1. The van der Waals surface area contributed by atoms with Crippen LogP contribution in [-0.4, -0.2) is 219 Å². The zero-order valence-corrected chi connectivity index (χ0v) is 81.8. The molecular weight excluding hydrogens is 2090 g/mol. The molecule has 4 aromatic carbocycles. The highest BCUT2D eigenvalue weighted by Crippen LogP contribution is 2.47. The number of carbonyl (C=O) groups is 6. The third-order valence-electron chi connectivity index (χ3n) is 19.6. The van der Waals surface area contributed by atoms with E-state index in [4.69, 9.17) is 33.7 Å². The monoisotopic (exact) mass is 2170 g/mol. The number of thiazole rings is 4. The van der Waals surface area contributed by atoms with Crippen molar-refractivity contribution in [2.24, 2.45) is 20.0 Å². The standard InChI is InChI=1S/C21H20BrFN4O6S.2C21H22BrFN4O2S.C17H14Br2FN3O2S.C4H7NO4/c1-3-32-20(28)15(27(30)31)10-14-16(21(29)33-4-2)17(12-6-5-11(23)9-13(12)22)26-18(25-14)19-24-7-8-34-19;2*1-4-29-21(28)17-16-10-13(26(2)3)11-27(16)19(20-24-7-8-30-20)25-18(17)14-6-5-12(23)9-15(14)22;1-2-25-17(24)13-12(8-18)22-15(16-21-5-6-26-16)23-14(13)10-4-3-9(20)7-11(10)19;1-2-9-4(6)3-5(7)8/h5-9,15,17H,3-4,10H2,1-2H3,(H,25,26);2*5-9,13,18H,4,10-11H2,1-3H3;3-7,14H,2,8H2,1H3,(H,22,23);2-3H2,1H3/t15?,17-;13-,18+;13-,18-;14-;/m0100./s1. The van der Waals surface area contributed by atoms with Crippen LogP contribution in [0.15, 0.2) is 202 Å².